The number of likely N-dealkylation sites (N-methyl/N-ethyl adjacent to an activating group) is 1. The van der Waals surface area contributed by atoms with E-state index in [9.17, 15) is 19.2 Å². The second-order valence-electron chi connectivity index (χ2n) is 8.79. The van der Waals surface area contributed by atoms with Crippen molar-refractivity contribution in [3.05, 3.63) is 0 Å². The molecule has 5 aliphatic rings. The van der Waals surface area contributed by atoms with Gasteiger partial charge in [-0.2, -0.15) is 0 Å². The summed E-state index contributed by atoms with van der Waals surface area (Å²) in [6.07, 6.45) is 7.53. The molecule has 0 aromatic rings. The van der Waals surface area contributed by atoms with Crippen molar-refractivity contribution in [2.75, 3.05) is 13.1 Å². The average Bonchev–Trinajstić information content (AvgIpc) is 2.77. The topological polar surface area (TPSA) is 86.8 Å². The van der Waals surface area contributed by atoms with Crippen molar-refractivity contribution < 1.29 is 19.2 Å². The Labute approximate surface area is 153 Å². The van der Waals surface area contributed by atoms with E-state index in [0.717, 1.165) is 27.6 Å². The van der Waals surface area contributed by atoms with Crippen LogP contribution >= 0.6 is 0 Å². The lowest BCUT2D eigenvalue weighted by molar-refractivity contribution is -0.144. The van der Waals surface area contributed by atoms with Gasteiger partial charge in [0.15, 0.2) is 0 Å². The Bertz CT molecular complexity index is 638. The van der Waals surface area contributed by atoms with Gasteiger partial charge in [0, 0.05) is 12.6 Å². The molecule has 0 unspecified atom stereocenters. The summed E-state index contributed by atoms with van der Waals surface area (Å²) in [6, 6.07) is -0.672. The van der Waals surface area contributed by atoms with Crippen molar-refractivity contribution in [3.8, 4) is 0 Å². The molecule has 0 aromatic carbocycles. The Balaban J connectivity index is 1.40. The Morgan fingerprint density at radius 1 is 1.04 bits per heavy atom. The normalized spacial score (nSPS) is 36.8. The summed E-state index contributed by atoms with van der Waals surface area (Å²) in [5.74, 6) is 0.254. The number of hydrogen-bond donors (Lipinski definition) is 1. The highest BCUT2D eigenvalue weighted by Crippen LogP contribution is 2.61. The number of nitrogens with one attached hydrogen (secondary N) is 1. The maximum atomic E-state index is 12.5. The van der Waals surface area contributed by atoms with Gasteiger partial charge in [-0.1, -0.05) is 0 Å². The van der Waals surface area contributed by atoms with Crippen molar-refractivity contribution in [2.45, 2.75) is 58.4 Å². The molecule has 5 fully saturated rings. The zero-order valence-electron chi connectivity index (χ0n) is 15.5. The number of imide groups is 2. The molecule has 4 saturated carbocycles. The van der Waals surface area contributed by atoms with Crippen LogP contribution in [-0.4, -0.2) is 52.7 Å². The largest absolute Gasteiger partial charge is 0.352 e. The molecule has 0 spiro atoms. The standard InChI is InChI=1S/C19H27N3O4/c1-3-21-16(24)17(25)22(18(21)26)10-15(23)20-11(2)19-7-12-4-13(8-19)6-14(5-12)9-19/h11-14H,3-10H2,1-2H3,(H,20,23)/t11-,12?,13?,14?,19?/m0/s1. The van der Waals surface area contributed by atoms with Gasteiger partial charge in [-0.3, -0.25) is 19.3 Å². The molecule has 142 valence electrons. The van der Waals surface area contributed by atoms with Crippen LogP contribution in [0, 0.1) is 23.2 Å². The number of carbonyl (C=O) groups is 4. The van der Waals surface area contributed by atoms with Crippen LogP contribution in [-0.2, 0) is 14.4 Å². The van der Waals surface area contributed by atoms with Crippen LogP contribution in [0.1, 0.15) is 52.4 Å². The molecule has 1 saturated heterocycles. The molecular weight excluding hydrogens is 334 g/mol. The van der Waals surface area contributed by atoms with Gasteiger partial charge in [-0.05, 0) is 75.5 Å². The third-order valence-corrected chi connectivity index (χ3v) is 7.13. The lowest BCUT2D eigenvalue weighted by Crippen LogP contribution is -2.57. The Morgan fingerprint density at radius 3 is 2.00 bits per heavy atom. The number of rotatable bonds is 5. The van der Waals surface area contributed by atoms with Gasteiger partial charge in [0.25, 0.3) is 0 Å². The SMILES string of the molecule is CCN1C(=O)C(=O)N(CC(=O)N[C@@H](C)C23CC4CC(CC(C4)C2)C3)C1=O. The highest BCUT2D eigenvalue weighted by molar-refractivity contribution is 6.45. The molecule has 7 nitrogen and oxygen atoms in total. The van der Waals surface area contributed by atoms with Crippen LogP contribution in [0.25, 0.3) is 0 Å². The van der Waals surface area contributed by atoms with Gasteiger partial charge in [-0.25, -0.2) is 9.69 Å². The zero-order chi connectivity index (χ0) is 18.6. The average molecular weight is 361 g/mol. The van der Waals surface area contributed by atoms with Crippen LogP contribution in [0.15, 0.2) is 0 Å². The molecule has 26 heavy (non-hydrogen) atoms. The minimum absolute atomic E-state index is 0.0224. The van der Waals surface area contributed by atoms with Gasteiger partial charge >= 0.3 is 17.8 Å². The fourth-order valence-electron chi connectivity index (χ4n) is 6.26. The van der Waals surface area contributed by atoms with E-state index < -0.39 is 17.8 Å². The zero-order valence-corrected chi connectivity index (χ0v) is 15.5. The second kappa shape index (κ2) is 6.06. The number of amides is 5. The van der Waals surface area contributed by atoms with Crippen molar-refractivity contribution in [1.29, 1.82) is 0 Å². The van der Waals surface area contributed by atoms with E-state index in [1.165, 1.54) is 38.5 Å². The highest BCUT2D eigenvalue weighted by Gasteiger charge is 2.53. The van der Waals surface area contributed by atoms with Crippen LogP contribution in [0.3, 0.4) is 0 Å². The van der Waals surface area contributed by atoms with Crippen LogP contribution in [0.4, 0.5) is 4.79 Å². The highest BCUT2D eigenvalue weighted by atomic mass is 16.2. The first-order valence-corrected chi connectivity index (χ1v) is 9.79. The Kier molecular flexibility index (Phi) is 4.08. The summed E-state index contributed by atoms with van der Waals surface area (Å²) in [7, 11) is 0. The predicted octanol–water partition coefficient (Wildman–Crippen LogP) is 1.52. The van der Waals surface area contributed by atoms with E-state index >= 15 is 0 Å². The minimum atomic E-state index is -0.908. The molecule has 5 amide bonds. The predicted molar refractivity (Wildman–Crippen MR) is 92.7 cm³/mol. The Hall–Kier alpha value is -1.92. The number of urea groups is 1. The Morgan fingerprint density at radius 2 is 1.54 bits per heavy atom. The van der Waals surface area contributed by atoms with Gasteiger partial charge in [0.2, 0.25) is 5.91 Å². The molecule has 1 atom stereocenters. The fourth-order valence-corrected chi connectivity index (χ4v) is 6.26. The molecule has 1 heterocycles. The van der Waals surface area contributed by atoms with Gasteiger partial charge in [0.1, 0.15) is 6.54 Å². The van der Waals surface area contributed by atoms with E-state index in [-0.39, 0.29) is 30.5 Å². The molecule has 4 bridgehead atoms. The maximum absolute atomic E-state index is 12.5. The lowest BCUT2D eigenvalue weighted by Gasteiger charge is -2.59. The van der Waals surface area contributed by atoms with Gasteiger partial charge < -0.3 is 5.32 Å². The van der Waals surface area contributed by atoms with Crippen molar-refractivity contribution in [2.24, 2.45) is 23.2 Å². The van der Waals surface area contributed by atoms with Crippen LogP contribution < -0.4 is 5.32 Å². The summed E-state index contributed by atoms with van der Waals surface area (Å²) < 4.78 is 0. The third kappa shape index (κ3) is 2.63. The first-order chi connectivity index (χ1) is 12.3. The smallest absolute Gasteiger partial charge is 0.334 e. The molecule has 5 rings (SSSR count). The monoisotopic (exact) mass is 361 g/mol. The molecule has 1 N–H and O–H groups in total. The number of hydrogen-bond acceptors (Lipinski definition) is 4. The van der Waals surface area contributed by atoms with Crippen molar-refractivity contribution in [1.82, 2.24) is 15.1 Å². The number of carbonyl (C=O) groups excluding carboxylic acids is 4. The molecule has 0 aromatic heterocycles. The van der Waals surface area contributed by atoms with E-state index in [1.54, 1.807) is 6.92 Å². The summed E-state index contributed by atoms with van der Waals surface area (Å²) >= 11 is 0. The van der Waals surface area contributed by atoms with Gasteiger partial charge in [-0.15, -0.1) is 0 Å². The quantitative estimate of drug-likeness (QED) is 0.594. The van der Waals surface area contributed by atoms with Gasteiger partial charge in [0.05, 0.1) is 0 Å². The van der Waals surface area contributed by atoms with E-state index in [0.29, 0.717) is 0 Å². The van der Waals surface area contributed by atoms with Crippen molar-refractivity contribution in [3.63, 3.8) is 0 Å². The lowest BCUT2D eigenvalue weighted by atomic mass is 9.48. The molecule has 1 aliphatic heterocycles. The van der Waals surface area contributed by atoms with Crippen molar-refractivity contribution >= 4 is 23.8 Å². The fraction of sp³-hybridized carbons (Fsp3) is 0.789. The first-order valence-electron chi connectivity index (χ1n) is 9.79. The van der Waals surface area contributed by atoms with Crippen LogP contribution in [0.2, 0.25) is 0 Å². The van der Waals surface area contributed by atoms with E-state index in [2.05, 4.69) is 12.2 Å². The third-order valence-electron chi connectivity index (χ3n) is 7.13. The second-order valence-corrected chi connectivity index (χ2v) is 8.79. The molecule has 7 heteroatoms. The summed E-state index contributed by atoms with van der Waals surface area (Å²) in [4.78, 5) is 50.0. The van der Waals surface area contributed by atoms with E-state index in [4.69, 9.17) is 0 Å². The molecular formula is C19H27N3O4. The summed E-state index contributed by atoms with van der Waals surface area (Å²) in [5.41, 5.74) is 0.161. The molecule has 4 aliphatic carbocycles. The number of nitrogens with zero attached hydrogens (tertiary/aromatic N) is 2. The minimum Gasteiger partial charge on any atom is -0.352 e. The van der Waals surface area contributed by atoms with Crippen LogP contribution in [0.5, 0.6) is 0 Å². The van der Waals surface area contributed by atoms with E-state index in [1.807, 2.05) is 0 Å². The summed E-state index contributed by atoms with van der Waals surface area (Å²) in [6.45, 7) is 3.44. The maximum Gasteiger partial charge on any atom is 0.334 e. The first kappa shape index (κ1) is 17.5. The molecule has 0 radical (unpaired) electrons. The summed E-state index contributed by atoms with van der Waals surface area (Å²) in [5, 5.41) is 3.04.